The number of rotatable bonds is 4. The van der Waals surface area contributed by atoms with Crippen molar-refractivity contribution in [3.8, 4) is 0 Å². The highest BCUT2D eigenvalue weighted by molar-refractivity contribution is 7.95. The summed E-state index contributed by atoms with van der Waals surface area (Å²) in [6.07, 6.45) is 2.27. The average molecular weight is 202 g/mol. The van der Waals surface area contributed by atoms with Crippen molar-refractivity contribution in [1.82, 2.24) is 0 Å². The van der Waals surface area contributed by atoms with Crippen LogP contribution in [0.3, 0.4) is 0 Å². The van der Waals surface area contributed by atoms with Crippen LogP contribution in [0.15, 0.2) is 30.3 Å². The Balaban J connectivity index is 2.41. The molecule has 1 aromatic carbocycles. The van der Waals surface area contributed by atoms with Gasteiger partial charge in [0, 0.05) is 5.56 Å². The highest BCUT2D eigenvalue weighted by Gasteiger charge is 2.09. The lowest BCUT2D eigenvalue weighted by Gasteiger charge is -2.00. The van der Waals surface area contributed by atoms with Gasteiger partial charge in [-0.3, -0.25) is 0 Å². The van der Waals surface area contributed by atoms with Crippen molar-refractivity contribution < 1.29 is 0 Å². The van der Waals surface area contributed by atoms with Crippen LogP contribution in [0, 0.1) is 0 Å². The predicted octanol–water partition coefficient (Wildman–Crippen LogP) is 2.67. The highest BCUT2D eigenvalue weighted by atomic mass is 35.5. The zero-order valence-corrected chi connectivity index (χ0v) is 8.87. The van der Waals surface area contributed by atoms with Gasteiger partial charge in [-0.1, -0.05) is 30.3 Å². The molecule has 1 unspecified atom stereocenters. The van der Waals surface area contributed by atoms with Gasteiger partial charge >= 0.3 is 0 Å². The Labute approximate surface area is 82.3 Å². The molecule has 0 fully saturated rings. The molecule has 12 heavy (non-hydrogen) atoms. The Morgan fingerprint density at radius 3 is 2.50 bits per heavy atom. The van der Waals surface area contributed by atoms with E-state index in [9.17, 15) is 0 Å². The van der Waals surface area contributed by atoms with E-state index in [1.807, 2.05) is 0 Å². The van der Waals surface area contributed by atoms with Gasteiger partial charge in [-0.05, 0) is 10.9 Å². The Morgan fingerprint density at radius 2 is 1.92 bits per heavy atom. The third-order valence-electron chi connectivity index (χ3n) is 1.68. The van der Waals surface area contributed by atoms with Crippen molar-refractivity contribution in [2.75, 3.05) is 17.9 Å². The van der Waals surface area contributed by atoms with E-state index in [0.29, 0.717) is 10.9 Å². The van der Waals surface area contributed by atoms with Crippen LogP contribution >= 0.6 is 11.6 Å². The zero-order valence-electron chi connectivity index (χ0n) is 7.29. The maximum Gasteiger partial charge on any atom is 0.133 e. The first-order valence-electron chi connectivity index (χ1n) is 4.02. The molecule has 0 aliphatic carbocycles. The normalized spacial score (nSPS) is 12.8. The van der Waals surface area contributed by atoms with Crippen molar-refractivity contribution >= 4 is 22.5 Å². The third-order valence-corrected chi connectivity index (χ3v) is 3.82. The quantitative estimate of drug-likeness (QED) is 0.519. The minimum Gasteiger partial charge on any atom is -0.122 e. The van der Waals surface area contributed by atoms with Gasteiger partial charge < -0.3 is 0 Å². The van der Waals surface area contributed by atoms with Gasteiger partial charge in [-0.15, -0.1) is 11.6 Å². The Hall–Kier alpha value is -0.140. The van der Waals surface area contributed by atoms with Crippen LogP contribution in [0.25, 0.3) is 0 Å². The number of benzene rings is 1. The molecule has 2 heteroatoms. The molecule has 0 nitrogen and oxygen atoms in total. The summed E-state index contributed by atoms with van der Waals surface area (Å²) < 4.78 is 0. The molecule has 0 saturated heterocycles. The summed E-state index contributed by atoms with van der Waals surface area (Å²) in [7, 11) is 0.447. The number of hydrogen-bond acceptors (Lipinski definition) is 0. The average Bonchev–Trinajstić information content (AvgIpc) is 2.06. The second-order valence-electron chi connectivity index (χ2n) is 2.80. The van der Waals surface area contributed by atoms with E-state index < -0.39 is 0 Å². The van der Waals surface area contributed by atoms with Gasteiger partial charge in [-0.2, -0.15) is 0 Å². The largest absolute Gasteiger partial charge is 0.133 e. The van der Waals surface area contributed by atoms with E-state index in [0.717, 1.165) is 11.6 Å². The standard InChI is InChI=1S/C10H14ClS/c1-12(8-7-11)9-10-5-3-2-4-6-10/h2-6H,7-9H2,1H3/q+1. The van der Waals surface area contributed by atoms with Crippen LogP contribution in [0.4, 0.5) is 0 Å². The fourth-order valence-corrected chi connectivity index (χ4v) is 3.02. The molecule has 0 aliphatic rings. The molecule has 0 N–H and O–H groups in total. The zero-order chi connectivity index (χ0) is 8.81. The summed E-state index contributed by atoms with van der Waals surface area (Å²) >= 11 is 5.67. The van der Waals surface area contributed by atoms with Crippen molar-refractivity contribution in [3.63, 3.8) is 0 Å². The van der Waals surface area contributed by atoms with E-state index in [1.54, 1.807) is 0 Å². The van der Waals surface area contributed by atoms with Gasteiger partial charge in [0.15, 0.2) is 0 Å². The minimum absolute atomic E-state index is 0.447. The Bertz CT molecular complexity index is 210. The predicted molar refractivity (Wildman–Crippen MR) is 59.0 cm³/mol. The molecule has 0 saturated carbocycles. The van der Waals surface area contributed by atoms with Crippen molar-refractivity contribution in [2.24, 2.45) is 0 Å². The van der Waals surface area contributed by atoms with E-state index >= 15 is 0 Å². The van der Waals surface area contributed by atoms with E-state index in [1.165, 1.54) is 11.3 Å². The number of alkyl halides is 1. The van der Waals surface area contributed by atoms with Crippen LogP contribution in [0.2, 0.25) is 0 Å². The molecule has 0 amide bonds. The molecule has 1 atom stereocenters. The first kappa shape index (κ1) is 9.94. The maximum absolute atomic E-state index is 5.67. The first-order valence-corrected chi connectivity index (χ1v) is 6.52. The fourth-order valence-electron chi connectivity index (χ4n) is 1.06. The van der Waals surface area contributed by atoms with Gasteiger partial charge in [0.2, 0.25) is 0 Å². The monoisotopic (exact) mass is 201 g/mol. The Kier molecular flexibility index (Phi) is 4.55. The summed E-state index contributed by atoms with van der Waals surface area (Å²) in [4.78, 5) is 0. The van der Waals surface area contributed by atoms with Gasteiger partial charge in [0.05, 0.1) is 12.1 Å². The van der Waals surface area contributed by atoms with Crippen LogP contribution in [-0.2, 0) is 16.6 Å². The molecular formula is C10H14ClS+. The summed E-state index contributed by atoms with van der Waals surface area (Å²) in [5.74, 6) is 3.09. The Morgan fingerprint density at radius 1 is 1.25 bits per heavy atom. The minimum atomic E-state index is 0.447. The lowest BCUT2D eigenvalue weighted by Crippen LogP contribution is -2.08. The first-order chi connectivity index (χ1) is 5.83. The van der Waals surface area contributed by atoms with E-state index in [4.69, 9.17) is 11.6 Å². The summed E-state index contributed by atoms with van der Waals surface area (Å²) in [6, 6.07) is 10.6. The molecule has 1 aromatic rings. The van der Waals surface area contributed by atoms with Crippen molar-refractivity contribution in [1.29, 1.82) is 0 Å². The molecule has 0 spiro atoms. The van der Waals surface area contributed by atoms with E-state index in [-0.39, 0.29) is 0 Å². The molecule has 0 aromatic heterocycles. The second kappa shape index (κ2) is 5.50. The SMILES string of the molecule is C[S+](CCCl)Cc1ccccc1. The van der Waals surface area contributed by atoms with Crippen LogP contribution in [-0.4, -0.2) is 17.9 Å². The van der Waals surface area contributed by atoms with Crippen LogP contribution < -0.4 is 0 Å². The molecule has 0 heterocycles. The smallest absolute Gasteiger partial charge is 0.122 e. The van der Waals surface area contributed by atoms with Crippen LogP contribution in [0.1, 0.15) is 5.56 Å². The number of halogens is 1. The van der Waals surface area contributed by atoms with E-state index in [2.05, 4.69) is 36.6 Å². The van der Waals surface area contributed by atoms with Gasteiger partial charge in [0.25, 0.3) is 0 Å². The lowest BCUT2D eigenvalue weighted by atomic mass is 10.2. The van der Waals surface area contributed by atoms with Gasteiger partial charge in [-0.25, -0.2) is 0 Å². The summed E-state index contributed by atoms with van der Waals surface area (Å²) in [6.45, 7) is 0. The van der Waals surface area contributed by atoms with Crippen LogP contribution in [0.5, 0.6) is 0 Å². The molecule has 0 aliphatic heterocycles. The lowest BCUT2D eigenvalue weighted by molar-refractivity contribution is 1.37. The molecule has 66 valence electrons. The molecule has 0 radical (unpaired) electrons. The maximum atomic E-state index is 5.67. The fraction of sp³-hybridized carbons (Fsp3) is 0.400. The number of hydrogen-bond donors (Lipinski definition) is 0. The van der Waals surface area contributed by atoms with Crippen molar-refractivity contribution in [3.05, 3.63) is 35.9 Å². The molecule has 0 bridgehead atoms. The molecule has 1 rings (SSSR count). The highest BCUT2D eigenvalue weighted by Crippen LogP contribution is 2.06. The topological polar surface area (TPSA) is 0 Å². The summed E-state index contributed by atoms with van der Waals surface area (Å²) in [5, 5.41) is 0. The second-order valence-corrected chi connectivity index (χ2v) is 5.44. The third kappa shape index (κ3) is 3.51. The van der Waals surface area contributed by atoms with Gasteiger partial charge in [0.1, 0.15) is 11.5 Å². The van der Waals surface area contributed by atoms with Crippen molar-refractivity contribution in [2.45, 2.75) is 5.75 Å². The molecular weight excluding hydrogens is 188 g/mol. The summed E-state index contributed by atoms with van der Waals surface area (Å²) in [5.41, 5.74) is 1.42.